The minimum absolute atomic E-state index is 0. The van der Waals surface area contributed by atoms with Crippen molar-refractivity contribution in [1.82, 2.24) is 10.2 Å². The predicted octanol–water partition coefficient (Wildman–Crippen LogP) is 2.99. The normalized spacial score (nSPS) is 20.7. The molecule has 2 aliphatic rings. The fourth-order valence-electron chi connectivity index (χ4n) is 3.91. The Hall–Kier alpha value is -0.850. The smallest absolute Gasteiger partial charge is 0.240 e. The summed E-state index contributed by atoms with van der Waals surface area (Å²) in [6.07, 6.45) is 4.88. The summed E-state index contributed by atoms with van der Waals surface area (Å²) < 4.78 is 5.49. The Morgan fingerprint density at radius 3 is 2.33 bits per heavy atom. The maximum Gasteiger partial charge on any atom is 0.240 e. The van der Waals surface area contributed by atoms with E-state index in [9.17, 15) is 4.79 Å². The lowest BCUT2D eigenvalue weighted by Gasteiger charge is -2.37. The molecule has 0 radical (unpaired) electrons. The number of halogens is 2. The van der Waals surface area contributed by atoms with Crippen LogP contribution in [0.2, 0.25) is 0 Å². The van der Waals surface area contributed by atoms with Crippen LogP contribution < -0.4 is 11.1 Å². The van der Waals surface area contributed by atoms with E-state index in [0.717, 1.165) is 52.0 Å². The Morgan fingerprint density at radius 1 is 1.15 bits per heavy atom. The molecule has 7 heteroatoms. The van der Waals surface area contributed by atoms with Gasteiger partial charge in [0.05, 0.1) is 24.8 Å². The molecule has 1 saturated heterocycles. The summed E-state index contributed by atoms with van der Waals surface area (Å²) in [5.74, 6) is 0.0116. The zero-order chi connectivity index (χ0) is 17.7. The van der Waals surface area contributed by atoms with Gasteiger partial charge in [0, 0.05) is 19.6 Å². The SMILES string of the molecule is Cc1ccc(C(CNC(=O)C2(N)CCCCC2)N2CCOCC2)cc1.Cl.Cl. The van der Waals surface area contributed by atoms with E-state index in [0.29, 0.717) is 6.54 Å². The zero-order valence-electron chi connectivity index (χ0n) is 16.1. The van der Waals surface area contributed by atoms with Crippen LogP contribution in [-0.4, -0.2) is 49.2 Å². The van der Waals surface area contributed by atoms with Crippen molar-refractivity contribution in [1.29, 1.82) is 0 Å². The monoisotopic (exact) mass is 417 g/mol. The number of nitrogens with one attached hydrogen (secondary N) is 1. The van der Waals surface area contributed by atoms with Gasteiger partial charge in [0.15, 0.2) is 0 Å². The number of hydrogen-bond donors (Lipinski definition) is 2. The van der Waals surface area contributed by atoms with Crippen LogP contribution in [0.3, 0.4) is 0 Å². The second-order valence-corrected chi connectivity index (χ2v) is 7.50. The van der Waals surface area contributed by atoms with Crippen molar-refractivity contribution < 1.29 is 9.53 Å². The summed E-state index contributed by atoms with van der Waals surface area (Å²) in [6.45, 7) is 5.97. The maximum absolute atomic E-state index is 12.7. The molecule has 0 spiro atoms. The van der Waals surface area contributed by atoms with Gasteiger partial charge in [-0.05, 0) is 25.3 Å². The molecule has 5 nitrogen and oxygen atoms in total. The molecule has 1 unspecified atom stereocenters. The predicted molar refractivity (Wildman–Crippen MR) is 114 cm³/mol. The lowest BCUT2D eigenvalue weighted by molar-refractivity contribution is -0.127. The summed E-state index contributed by atoms with van der Waals surface area (Å²) in [4.78, 5) is 15.1. The van der Waals surface area contributed by atoms with E-state index in [1.165, 1.54) is 17.5 Å². The van der Waals surface area contributed by atoms with Crippen LogP contribution in [0.5, 0.6) is 0 Å². The van der Waals surface area contributed by atoms with Crippen LogP contribution in [0.15, 0.2) is 24.3 Å². The Bertz CT molecular complexity index is 571. The first-order chi connectivity index (χ1) is 12.1. The average molecular weight is 418 g/mol. The highest BCUT2D eigenvalue weighted by molar-refractivity contribution is 5.86. The van der Waals surface area contributed by atoms with Gasteiger partial charge in [-0.3, -0.25) is 9.69 Å². The van der Waals surface area contributed by atoms with E-state index in [2.05, 4.69) is 41.4 Å². The van der Waals surface area contributed by atoms with E-state index in [1.54, 1.807) is 0 Å². The molecule has 154 valence electrons. The first-order valence-electron chi connectivity index (χ1n) is 9.54. The minimum atomic E-state index is -0.679. The topological polar surface area (TPSA) is 67.6 Å². The highest BCUT2D eigenvalue weighted by Crippen LogP contribution is 2.27. The number of carbonyl (C=O) groups excluding carboxylic acids is 1. The molecule has 1 aromatic rings. The summed E-state index contributed by atoms with van der Waals surface area (Å²) >= 11 is 0. The quantitative estimate of drug-likeness (QED) is 0.772. The fraction of sp³-hybridized carbons (Fsp3) is 0.650. The molecular weight excluding hydrogens is 385 g/mol. The third-order valence-electron chi connectivity index (χ3n) is 5.60. The molecule has 0 bridgehead atoms. The molecule has 3 rings (SSSR count). The molecule has 1 aliphatic heterocycles. The largest absolute Gasteiger partial charge is 0.379 e. The van der Waals surface area contributed by atoms with Gasteiger partial charge < -0.3 is 15.8 Å². The molecule has 27 heavy (non-hydrogen) atoms. The summed E-state index contributed by atoms with van der Waals surface area (Å²) in [5, 5.41) is 3.16. The molecule has 1 aromatic carbocycles. The van der Waals surface area contributed by atoms with Gasteiger partial charge in [0.1, 0.15) is 0 Å². The Balaban J connectivity index is 0.00000182. The first kappa shape index (κ1) is 24.2. The Kier molecular flexibility index (Phi) is 10.1. The number of rotatable bonds is 5. The molecule has 2 fully saturated rings. The molecule has 3 N–H and O–H groups in total. The van der Waals surface area contributed by atoms with Crippen molar-refractivity contribution in [3.05, 3.63) is 35.4 Å². The van der Waals surface area contributed by atoms with Crippen molar-refractivity contribution in [2.24, 2.45) is 5.73 Å². The molecule has 1 atom stereocenters. The molecule has 1 heterocycles. The average Bonchev–Trinajstić information content (AvgIpc) is 2.64. The molecular formula is C20H33Cl2N3O2. The number of aryl methyl sites for hydroxylation is 1. The van der Waals surface area contributed by atoms with E-state index in [4.69, 9.17) is 10.5 Å². The van der Waals surface area contributed by atoms with Crippen molar-refractivity contribution in [2.75, 3.05) is 32.8 Å². The van der Waals surface area contributed by atoms with Gasteiger partial charge in [-0.25, -0.2) is 0 Å². The number of carbonyl (C=O) groups is 1. The second kappa shape index (κ2) is 11.2. The lowest BCUT2D eigenvalue weighted by atomic mass is 9.82. The van der Waals surface area contributed by atoms with Gasteiger partial charge in [-0.1, -0.05) is 49.1 Å². The second-order valence-electron chi connectivity index (χ2n) is 7.50. The van der Waals surface area contributed by atoms with Gasteiger partial charge in [0.2, 0.25) is 5.91 Å². The van der Waals surface area contributed by atoms with E-state index >= 15 is 0 Å². The maximum atomic E-state index is 12.7. The lowest BCUT2D eigenvalue weighted by Crippen LogP contribution is -2.56. The molecule has 1 aliphatic carbocycles. The third-order valence-corrected chi connectivity index (χ3v) is 5.60. The standard InChI is InChI=1S/C20H31N3O2.2ClH/c1-16-5-7-17(8-6-16)18(23-11-13-25-14-12-23)15-22-19(24)20(21)9-3-2-4-10-20;;/h5-8,18H,2-4,9-15,21H2,1H3,(H,22,24);2*1H. The number of benzene rings is 1. The van der Waals surface area contributed by atoms with Crippen LogP contribution in [0.25, 0.3) is 0 Å². The van der Waals surface area contributed by atoms with Crippen LogP contribution in [-0.2, 0) is 9.53 Å². The highest BCUT2D eigenvalue weighted by atomic mass is 35.5. The van der Waals surface area contributed by atoms with E-state index in [1.807, 2.05) is 0 Å². The highest BCUT2D eigenvalue weighted by Gasteiger charge is 2.35. The number of amides is 1. The number of nitrogens with zero attached hydrogens (tertiary/aromatic N) is 1. The molecule has 1 amide bonds. The van der Waals surface area contributed by atoms with Crippen molar-refractivity contribution in [3.63, 3.8) is 0 Å². The first-order valence-corrected chi connectivity index (χ1v) is 9.54. The Labute approximate surface area is 175 Å². The molecule has 1 saturated carbocycles. The van der Waals surface area contributed by atoms with Crippen molar-refractivity contribution >= 4 is 30.7 Å². The van der Waals surface area contributed by atoms with Crippen LogP contribution in [0.4, 0.5) is 0 Å². The summed E-state index contributed by atoms with van der Waals surface area (Å²) in [5.41, 5.74) is 8.19. The van der Waals surface area contributed by atoms with Crippen molar-refractivity contribution in [3.8, 4) is 0 Å². The fourth-order valence-corrected chi connectivity index (χ4v) is 3.91. The zero-order valence-corrected chi connectivity index (χ0v) is 17.7. The van der Waals surface area contributed by atoms with E-state index in [-0.39, 0.29) is 36.8 Å². The van der Waals surface area contributed by atoms with Gasteiger partial charge in [-0.2, -0.15) is 0 Å². The van der Waals surface area contributed by atoms with Gasteiger partial charge in [0.25, 0.3) is 0 Å². The van der Waals surface area contributed by atoms with Gasteiger partial charge >= 0.3 is 0 Å². The summed E-state index contributed by atoms with van der Waals surface area (Å²) in [7, 11) is 0. The van der Waals surface area contributed by atoms with Crippen LogP contribution in [0.1, 0.15) is 49.3 Å². The number of ether oxygens (including phenoxy) is 1. The van der Waals surface area contributed by atoms with Crippen molar-refractivity contribution in [2.45, 2.75) is 50.6 Å². The summed E-state index contributed by atoms with van der Waals surface area (Å²) in [6, 6.07) is 8.77. The van der Waals surface area contributed by atoms with Gasteiger partial charge in [-0.15, -0.1) is 24.8 Å². The van der Waals surface area contributed by atoms with E-state index < -0.39 is 5.54 Å². The molecule has 0 aromatic heterocycles. The minimum Gasteiger partial charge on any atom is -0.379 e. The van der Waals surface area contributed by atoms with Crippen LogP contribution >= 0.6 is 24.8 Å². The number of morpholine rings is 1. The number of hydrogen-bond acceptors (Lipinski definition) is 4. The third kappa shape index (κ3) is 6.33. The Morgan fingerprint density at radius 2 is 1.74 bits per heavy atom. The number of nitrogens with two attached hydrogens (primary N) is 1. The van der Waals surface area contributed by atoms with Crippen LogP contribution in [0, 0.1) is 6.92 Å².